The van der Waals surface area contributed by atoms with Crippen LogP contribution in [0.5, 0.6) is 5.75 Å². The minimum Gasteiger partial charge on any atom is -0.454 e. The molecule has 0 spiro atoms. The van der Waals surface area contributed by atoms with Gasteiger partial charge in [-0.3, -0.25) is 4.79 Å². The monoisotopic (exact) mass is 449 g/mol. The van der Waals surface area contributed by atoms with E-state index in [1.54, 1.807) is 0 Å². The lowest BCUT2D eigenvalue weighted by atomic mass is 10.1. The van der Waals surface area contributed by atoms with Crippen molar-refractivity contribution in [1.82, 2.24) is 14.9 Å². The molecule has 1 fully saturated rings. The molecular formula is C24H27N5O2S. The Hall–Kier alpha value is -3.10. The number of nitrogens with zero attached hydrogens (tertiary/aromatic N) is 4. The van der Waals surface area contributed by atoms with E-state index in [1.807, 2.05) is 49.4 Å². The number of likely N-dealkylation sites (N-methyl/N-ethyl adjacent to an activating group) is 1. The van der Waals surface area contributed by atoms with Gasteiger partial charge >= 0.3 is 0 Å². The quantitative estimate of drug-likeness (QED) is 0.553. The number of fused-ring (bicyclic) bond motifs is 1. The van der Waals surface area contributed by atoms with Gasteiger partial charge in [0.1, 0.15) is 5.75 Å². The van der Waals surface area contributed by atoms with Crippen molar-refractivity contribution >= 4 is 46.2 Å². The third-order valence-corrected chi connectivity index (χ3v) is 5.79. The molecule has 3 aromatic rings. The molecule has 0 unspecified atom stereocenters. The lowest BCUT2D eigenvalue weighted by molar-refractivity contribution is -0.116. The average Bonchev–Trinajstić information content (AvgIpc) is 2.79. The van der Waals surface area contributed by atoms with Crippen LogP contribution in [-0.2, 0) is 11.2 Å². The minimum atomic E-state index is -0.0313. The Bertz CT molecular complexity index is 1110. The molecule has 4 rings (SSSR count). The van der Waals surface area contributed by atoms with E-state index in [9.17, 15) is 4.79 Å². The van der Waals surface area contributed by atoms with Gasteiger partial charge < -0.3 is 19.9 Å². The van der Waals surface area contributed by atoms with Gasteiger partial charge in [-0.05, 0) is 68.5 Å². The van der Waals surface area contributed by atoms with Crippen LogP contribution in [0.2, 0.25) is 0 Å². The van der Waals surface area contributed by atoms with E-state index in [0.717, 1.165) is 60.0 Å². The number of ether oxygens (including phenoxy) is 1. The largest absolute Gasteiger partial charge is 0.454 e. The Morgan fingerprint density at radius 2 is 1.88 bits per heavy atom. The molecule has 0 atom stereocenters. The summed E-state index contributed by atoms with van der Waals surface area (Å²) in [5, 5.41) is 3.95. The molecule has 0 radical (unpaired) electrons. The van der Waals surface area contributed by atoms with Gasteiger partial charge in [0.15, 0.2) is 5.55 Å². The number of aryl methyl sites for hydroxylation is 2. The van der Waals surface area contributed by atoms with Crippen molar-refractivity contribution < 1.29 is 9.53 Å². The van der Waals surface area contributed by atoms with E-state index < -0.39 is 0 Å². The first-order chi connectivity index (χ1) is 15.5. The van der Waals surface area contributed by atoms with E-state index >= 15 is 0 Å². The summed E-state index contributed by atoms with van der Waals surface area (Å²) in [6.45, 7) is 5.87. The van der Waals surface area contributed by atoms with Gasteiger partial charge in [-0.25, -0.2) is 9.97 Å². The zero-order valence-electron chi connectivity index (χ0n) is 18.4. The molecule has 1 aliphatic heterocycles. The number of hydrogen-bond donors (Lipinski definition) is 1. The maximum absolute atomic E-state index is 12.5. The molecule has 1 amide bonds. The Balaban J connectivity index is 1.39. The summed E-state index contributed by atoms with van der Waals surface area (Å²) in [7, 11) is 2.13. The third-order valence-electron chi connectivity index (χ3n) is 5.69. The maximum Gasteiger partial charge on any atom is 0.226 e. The first-order valence-corrected chi connectivity index (χ1v) is 11.2. The van der Waals surface area contributed by atoms with Crippen LogP contribution in [-0.4, -0.2) is 59.6 Å². The second-order valence-corrected chi connectivity index (χ2v) is 8.23. The molecule has 32 heavy (non-hydrogen) atoms. The Kier molecular flexibility index (Phi) is 6.92. The van der Waals surface area contributed by atoms with Gasteiger partial charge in [0.05, 0.1) is 11.2 Å². The van der Waals surface area contributed by atoms with Gasteiger partial charge in [0, 0.05) is 43.7 Å². The Labute approximate surface area is 193 Å². The van der Waals surface area contributed by atoms with Crippen LogP contribution < -0.4 is 15.0 Å². The lowest BCUT2D eigenvalue weighted by Gasteiger charge is -2.32. The van der Waals surface area contributed by atoms with Crippen LogP contribution in [0.3, 0.4) is 0 Å². The number of piperazine rings is 1. The summed E-state index contributed by atoms with van der Waals surface area (Å²) < 4.78 is 5.15. The smallest absolute Gasteiger partial charge is 0.226 e. The summed E-state index contributed by atoms with van der Waals surface area (Å²) in [4.78, 5) is 26.5. The number of anilines is 2. The number of aromatic nitrogens is 2. The number of benzene rings is 2. The van der Waals surface area contributed by atoms with Gasteiger partial charge in [-0.15, -0.1) is 0 Å². The Morgan fingerprint density at radius 3 is 2.59 bits per heavy atom. The van der Waals surface area contributed by atoms with Crippen molar-refractivity contribution in [3.05, 3.63) is 53.7 Å². The predicted molar refractivity (Wildman–Crippen MR) is 132 cm³/mol. The van der Waals surface area contributed by atoms with E-state index in [1.165, 1.54) is 5.55 Å². The standard InChI is InChI=1S/C24H27N5O2S/c1-17-21-15-19(26-23(30)10-5-18-3-7-20(8-4-18)31-16-32)6-9-22(21)27-24(25-17)29-13-11-28(2)12-14-29/h3-4,6-9,15-16H,5,10-14H2,1-2H3,(H,26,30). The highest BCUT2D eigenvalue weighted by molar-refractivity contribution is 7.78. The summed E-state index contributed by atoms with van der Waals surface area (Å²) in [6.07, 6.45) is 1.04. The van der Waals surface area contributed by atoms with E-state index in [2.05, 4.69) is 34.4 Å². The highest BCUT2D eigenvalue weighted by atomic mass is 32.1. The van der Waals surface area contributed by atoms with Crippen LogP contribution in [0.25, 0.3) is 10.9 Å². The van der Waals surface area contributed by atoms with Gasteiger partial charge in [0.2, 0.25) is 11.9 Å². The molecule has 0 bridgehead atoms. The molecule has 7 nitrogen and oxygen atoms in total. The predicted octanol–water partition coefficient (Wildman–Crippen LogP) is 3.60. The molecule has 0 saturated carbocycles. The normalized spacial score (nSPS) is 14.4. The van der Waals surface area contributed by atoms with Crippen molar-refractivity contribution in [3.63, 3.8) is 0 Å². The van der Waals surface area contributed by atoms with Crippen molar-refractivity contribution in [2.24, 2.45) is 0 Å². The highest BCUT2D eigenvalue weighted by Gasteiger charge is 2.18. The number of rotatable bonds is 7. The first kappa shape index (κ1) is 22.1. The maximum atomic E-state index is 12.5. The van der Waals surface area contributed by atoms with E-state index in [4.69, 9.17) is 14.7 Å². The second-order valence-electron chi connectivity index (χ2n) is 8.04. The van der Waals surface area contributed by atoms with E-state index in [-0.39, 0.29) is 5.91 Å². The number of thiocarbonyl (C=S) groups is 1. The van der Waals surface area contributed by atoms with Crippen LogP contribution in [0.15, 0.2) is 42.5 Å². The molecule has 8 heteroatoms. The van der Waals surface area contributed by atoms with Crippen molar-refractivity contribution in [2.75, 3.05) is 43.4 Å². The minimum absolute atomic E-state index is 0.0313. The molecule has 166 valence electrons. The molecule has 0 aliphatic carbocycles. The molecule has 2 aromatic carbocycles. The number of carbonyl (C=O) groups is 1. The molecule has 1 saturated heterocycles. The molecular weight excluding hydrogens is 422 g/mol. The van der Waals surface area contributed by atoms with Crippen LogP contribution in [0.4, 0.5) is 11.6 Å². The molecule has 1 aliphatic rings. The number of carbonyl (C=O) groups excluding carboxylic acids is 1. The first-order valence-electron chi connectivity index (χ1n) is 10.7. The topological polar surface area (TPSA) is 70.6 Å². The summed E-state index contributed by atoms with van der Waals surface area (Å²) in [5.41, 5.74) is 4.86. The fourth-order valence-electron chi connectivity index (χ4n) is 3.76. The number of nitrogens with one attached hydrogen (secondary N) is 1. The molecule has 1 N–H and O–H groups in total. The van der Waals surface area contributed by atoms with Crippen molar-refractivity contribution in [2.45, 2.75) is 19.8 Å². The Morgan fingerprint density at radius 1 is 1.12 bits per heavy atom. The fraction of sp³-hybridized carbons (Fsp3) is 0.333. The third kappa shape index (κ3) is 5.38. The van der Waals surface area contributed by atoms with Crippen LogP contribution in [0.1, 0.15) is 17.7 Å². The fourth-order valence-corrected chi connectivity index (χ4v) is 3.87. The van der Waals surface area contributed by atoms with E-state index in [0.29, 0.717) is 18.6 Å². The number of amides is 1. The number of hydrogen-bond acceptors (Lipinski definition) is 7. The lowest BCUT2D eigenvalue weighted by Crippen LogP contribution is -2.45. The summed E-state index contributed by atoms with van der Waals surface area (Å²) in [5.74, 6) is 1.44. The van der Waals surface area contributed by atoms with Crippen LogP contribution >= 0.6 is 12.2 Å². The average molecular weight is 450 g/mol. The zero-order chi connectivity index (χ0) is 22.5. The summed E-state index contributed by atoms with van der Waals surface area (Å²) in [6, 6.07) is 13.4. The zero-order valence-corrected chi connectivity index (χ0v) is 19.2. The van der Waals surface area contributed by atoms with Gasteiger partial charge in [-0.2, -0.15) is 0 Å². The second kappa shape index (κ2) is 10.0. The van der Waals surface area contributed by atoms with Gasteiger partial charge in [-0.1, -0.05) is 12.1 Å². The summed E-state index contributed by atoms with van der Waals surface area (Å²) >= 11 is 4.68. The SMILES string of the molecule is Cc1nc(N2CCN(C)CC2)nc2ccc(NC(=O)CCc3ccc(OC=S)cc3)cc12. The van der Waals surface area contributed by atoms with Crippen molar-refractivity contribution in [3.8, 4) is 5.75 Å². The molecule has 2 heterocycles. The highest BCUT2D eigenvalue weighted by Crippen LogP contribution is 2.23. The molecule has 1 aromatic heterocycles. The van der Waals surface area contributed by atoms with Gasteiger partial charge in [0.25, 0.3) is 0 Å². The van der Waals surface area contributed by atoms with Crippen LogP contribution in [0, 0.1) is 6.92 Å². The van der Waals surface area contributed by atoms with Crippen molar-refractivity contribution in [1.29, 1.82) is 0 Å².